The van der Waals surface area contributed by atoms with Crippen molar-refractivity contribution in [3.8, 4) is 12.1 Å². The van der Waals surface area contributed by atoms with Crippen molar-refractivity contribution in [2.24, 2.45) is 0 Å². The molecule has 118 valence electrons. The van der Waals surface area contributed by atoms with Crippen molar-refractivity contribution in [1.29, 1.82) is 10.5 Å². The molecule has 3 aromatic rings. The summed E-state index contributed by atoms with van der Waals surface area (Å²) in [5, 5.41) is 19.5. The molecular weight excluding hydrogens is 334 g/mol. The molecule has 0 bridgehead atoms. The number of nitrogens with zero attached hydrogens (tertiary/aromatic N) is 3. The fourth-order valence-corrected chi connectivity index (χ4v) is 3.71. The van der Waals surface area contributed by atoms with Gasteiger partial charge in [0.05, 0.1) is 9.71 Å². The van der Waals surface area contributed by atoms with Crippen molar-refractivity contribution in [3.63, 3.8) is 0 Å². The highest BCUT2D eigenvalue weighted by atomic mass is 32.1. The average Bonchev–Trinajstić information content (AvgIpc) is 3.21. The molecule has 6 heteroatoms. The first-order valence-corrected chi connectivity index (χ1v) is 8.21. The van der Waals surface area contributed by atoms with Gasteiger partial charge in [0.15, 0.2) is 5.78 Å². The van der Waals surface area contributed by atoms with E-state index in [4.69, 9.17) is 4.42 Å². The molecule has 25 heavy (non-hydrogen) atoms. The number of nitriles is 2. The highest BCUT2D eigenvalue weighted by Gasteiger charge is 2.32. The van der Waals surface area contributed by atoms with Gasteiger partial charge in [-0.2, -0.15) is 10.5 Å². The Morgan fingerprint density at radius 1 is 1.24 bits per heavy atom. The number of rotatable bonds is 1. The second-order valence-electron chi connectivity index (χ2n) is 5.46. The van der Waals surface area contributed by atoms with E-state index in [9.17, 15) is 15.3 Å². The van der Waals surface area contributed by atoms with Crippen molar-refractivity contribution in [2.75, 3.05) is 0 Å². The fraction of sp³-hybridized carbons (Fsp3) is 0.0526. The van der Waals surface area contributed by atoms with E-state index in [1.807, 2.05) is 19.1 Å². The number of hydrogen-bond acceptors (Lipinski definition) is 6. The van der Waals surface area contributed by atoms with E-state index in [0.29, 0.717) is 28.2 Å². The second kappa shape index (κ2) is 5.55. The Morgan fingerprint density at radius 2 is 1.96 bits per heavy atom. The maximum atomic E-state index is 12.8. The molecular formula is C19H9N3O2S. The number of allylic oxidation sites excluding steroid dienone is 3. The Labute approximate surface area is 146 Å². The minimum atomic E-state index is -0.225. The number of hydrogen-bond donors (Lipinski definition) is 0. The van der Waals surface area contributed by atoms with E-state index in [-0.39, 0.29) is 16.9 Å². The molecule has 0 aliphatic heterocycles. The number of carbonyl (C=O) groups excluding carboxylic acids is 1. The van der Waals surface area contributed by atoms with Gasteiger partial charge in [0, 0.05) is 22.8 Å². The van der Waals surface area contributed by atoms with Crippen LogP contribution in [-0.4, -0.2) is 10.8 Å². The smallest absolute Gasteiger partial charge is 0.237 e. The van der Waals surface area contributed by atoms with Crippen molar-refractivity contribution < 1.29 is 9.21 Å². The van der Waals surface area contributed by atoms with Crippen LogP contribution in [0.5, 0.6) is 0 Å². The van der Waals surface area contributed by atoms with Crippen molar-refractivity contribution >= 4 is 39.2 Å². The van der Waals surface area contributed by atoms with Crippen LogP contribution < -0.4 is 0 Å². The molecule has 0 atom stereocenters. The molecule has 0 amide bonds. The summed E-state index contributed by atoms with van der Waals surface area (Å²) in [7, 11) is 0. The van der Waals surface area contributed by atoms with Crippen LogP contribution in [0.25, 0.3) is 22.1 Å². The van der Waals surface area contributed by atoms with E-state index in [0.717, 1.165) is 9.71 Å². The number of Topliss-reactive ketones (excluding diaryl/α,β-unsaturated/α-hetero) is 1. The van der Waals surface area contributed by atoms with Gasteiger partial charge in [-0.25, -0.2) is 4.98 Å². The van der Waals surface area contributed by atoms with E-state index in [1.165, 1.54) is 11.3 Å². The molecule has 5 nitrogen and oxygen atoms in total. The third-order valence-electron chi connectivity index (χ3n) is 3.93. The van der Waals surface area contributed by atoms with Crippen LogP contribution in [0.2, 0.25) is 0 Å². The van der Waals surface area contributed by atoms with Crippen LogP contribution in [0.15, 0.2) is 45.9 Å². The highest BCUT2D eigenvalue weighted by molar-refractivity contribution is 7.18. The quantitative estimate of drug-likeness (QED) is 0.486. The fourth-order valence-electron chi connectivity index (χ4n) is 2.92. The Morgan fingerprint density at radius 3 is 2.64 bits per heavy atom. The van der Waals surface area contributed by atoms with Crippen LogP contribution in [0.4, 0.5) is 0 Å². The van der Waals surface area contributed by atoms with Crippen LogP contribution in [0, 0.1) is 29.6 Å². The number of ketones is 1. The summed E-state index contributed by atoms with van der Waals surface area (Å²) >= 11 is 1.50. The molecule has 1 aliphatic carbocycles. The summed E-state index contributed by atoms with van der Waals surface area (Å²) in [5.41, 5.74) is 2.15. The maximum Gasteiger partial charge on any atom is 0.237 e. The zero-order valence-corrected chi connectivity index (χ0v) is 13.8. The zero-order valence-electron chi connectivity index (χ0n) is 13.0. The molecule has 2 heterocycles. The number of benzene rings is 1. The van der Waals surface area contributed by atoms with Crippen LogP contribution >= 0.6 is 11.3 Å². The van der Waals surface area contributed by atoms with Gasteiger partial charge < -0.3 is 4.42 Å². The molecule has 2 aromatic heterocycles. The summed E-state index contributed by atoms with van der Waals surface area (Å²) in [4.78, 5) is 17.1. The largest absolute Gasteiger partial charge is 0.437 e. The van der Waals surface area contributed by atoms with Gasteiger partial charge in [0.2, 0.25) is 5.71 Å². The lowest BCUT2D eigenvalue weighted by molar-refractivity contribution is 0.104. The Kier molecular flexibility index (Phi) is 3.35. The maximum absolute atomic E-state index is 12.8. The van der Waals surface area contributed by atoms with E-state index >= 15 is 0 Å². The predicted molar refractivity (Wildman–Crippen MR) is 93.5 cm³/mol. The van der Waals surface area contributed by atoms with Crippen LogP contribution in [0.1, 0.15) is 26.7 Å². The molecule has 0 fully saturated rings. The summed E-state index contributed by atoms with van der Waals surface area (Å²) in [5.74, 6) is 0.245. The Bertz CT molecular complexity index is 1150. The van der Waals surface area contributed by atoms with Gasteiger partial charge in [-0.05, 0) is 18.6 Å². The molecule has 0 radical (unpaired) electrons. The van der Waals surface area contributed by atoms with Gasteiger partial charge in [-0.1, -0.05) is 24.3 Å². The number of fused-ring (bicyclic) bond motifs is 2. The van der Waals surface area contributed by atoms with Crippen LogP contribution in [-0.2, 0) is 0 Å². The minimum Gasteiger partial charge on any atom is -0.437 e. The van der Waals surface area contributed by atoms with Gasteiger partial charge >= 0.3 is 0 Å². The van der Waals surface area contributed by atoms with Crippen LogP contribution in [0.3, 0.4) is 0 Å². The van der Waals surface area contributed by atoms with E-state index < -0.39 is 0 Å². The predicted octanol–water partition coefficient (Wildman–Crippen LogP) is 4.28. The van der Waals surface area contributed by atoms with E-state index in [1.54, 1.807) is 36.4 Å². The number of carbonyl (C=O) groups is 1. The van der Waals surface area contributed by atoms with Crippen molar-refractivity contribution in [2.45, 2.75) is 6.92 Å². The lowest BCUT2D eigenvalue weighted by atomic mass is 9.99. The number of thiazole rings is 1. The number of furan rings is 1. The molecule has 0 saturated heterocycles. The monoisotopic (exact) mass is 343 g/mol. The number of aromatic nitrogens is 1. The van der Waals surface area contributed by atoms with Crippen molar-refractivity contribution in [1.82, 2.24) is 4.98 Å². The minimum absolute atomic E-state index is 0.0908. The molecule has 1 aliphatic rings. The Hall–Kier alpha value is -3.48. The highest BCUT2D eigenvalue weighted by Crippen LogP contribution is 2.40. The Balaban J connectivity index is 1.95. The lowest BCUT2D eigenvalue weighted by Crippen LogP contribution is -1.95. The third kappa shape index (κ3) is 2.28. The second-order valence-corrected chi connectivity index (χ2v) is 6.69. The first-order chi connectivity index (χ1) is 12.1. The molecule has 1 aromatic carbocycles. The number of aryl methyl sites for hydroxylation is 1. The lowest BCUT2D eigenvalue weighted by Gasteiger charge is -2.00. The van der Waals surface area contributed by atoms with Gasteiger partial charge in [-0.3, -0.25) is 4.79 Å². The summed E-state index contributed by atoms with van der Waals surface area (Å²) < 4.78 is 6.56. The third-order valence-corrected chi connectivity index (χ3v) is 4.83. The molecule has 0 spiro atoms. The summed E-state index contributed by atoms with van der Waals surface area (Å²) in [6.45, 7) is 1.89. The molecule has 4 rings (SSSR count). The summed E-state index contributed by atoms with van der Waals surface area (Å²) in [6, 6.07) is 12.5. The van der Waals surface area contributed by atoms with Gasteiger partial charge in [0.1, 0.15) is 23.5 Å². The molecule has 0 unspecified atom stereocenters. The van der Waals surface area contributed by atoms with E-state index in [2.05, 4.69) is 4.98 Å². The standard InChI is InChI=1S/C19H9N3O2S/c1-10-22-19-16(25-10)7-12(24-19)6-15-17(11(8-20)9-21)13-4-2-3-5-14(13)18(15)23/h2-7H,1H3/b15-6-. The topological polar surface area (TPSA) is 90.7 Å². The summed E-state index contributed by atoms with van der Waals surface area (Å²) in [6.07, 6.45) is 1.58. The van der Waals surface area contributed by atoms with Gasteiger partial charge in [0.25, 0.3) is 0 Å². The van der Waals surface area contributed by atoms with Crippen molar-refractivity contribution in [3.05, 3.63) is 63.4 Å². The average molecular weight is 343 g/mol. The molecule has 0 saturated carbocycles. The normalized spacial score (nSPS) is 14.6. The first-order valence-electron chi connectivity index (χ1n) is 7.40. The molecule has 0 N–H and O–H groups in total. The SMILES string of the molecule is Cc1nc2oc(/C=C3\C(=O)c4ccccc4C3=C(C#N)C#N)cc2s1. The first kappa shape index (κ1) is 15.1. The van der Waals surface area contributed by atoms with Gasteiger partial charge in [-0.15, -0.1) is 11.3 Å². The zero-order chi connectivity index (χ0) is 17.6.